The van der Waals surface area contributed by atoms with E-state index in [1.807, 2.05) is 6.07 Å². The molecule has 1 aliphatic carbocycles. The lowest BCUT2D eigenvalue weighted by atomic mass is 9.95. The van der Waals surface area contributed by atoms with Crippen LogP contribution in [0.25, 0.3) is 10.2 Å². The van der Waals surface area contributed by atoms with Gasteiger partial charge in [0.1, 0.15) is 16.5 Å². The van der Waals surface area contributed by atoms with E-state index >= 15 is 0 Å². The van der Waals surface area contributed by atoms with Gasteiger partial charge in [-0.2, -0.15) is 0 Å². The average Bonchev–Trinajstić information content (AvgIpc) is 3.17. The molecule has 1 aromatic carbocycles. The van der Waals surface area contributed by atoms with Gasteiger partial charge in [0.2, 0.25) is 0 Å². The predicted molar refractivity (Wildman–Crippen MR) is 83.0 cm³/mol. The Morgan fingerprint density at radius 2 is 1.90 bits per heavy atom. The molecule has 4 heteroatoms. The van der Waals surface area contributed by atoms with Gasteiger partial charge in [-0.3, -0.25) is 0 Å². The third-order valence-electron chi connectivity index (χ3n) is 4.05. The van der Waals surface area contributed by atoms with Crippen molar-refractivity contribution in [3.8, 4) is 0 Å². The molecule has 0 radical (unpaired) electrons. The van der Waals surface area contributed by atoms with Crippen LogP contribution < -0.4 is 5.73 Å². The molecule has 2 heterocycles. The number of thiophene rings is 1. The molecule has 0 atom stereocenters. The van der Waals surface area contributed by atoms with Crippen molar-refractivity contribution in [2.24, 2.45) is 0 Å². The monoisotopic (exact) mass is 281 g/mol. The van der Waals surface area contributed by atoms with Crippen molar-refractivity contribution in [2.75, 3.05) is 5.73 Å². The van der Waals surface area contributed by atoms with Crippen molar-refractivity contribution in [3.05, 3.63) is 52.7 Å². The predicted octanol–water partition coefficient (Wildman–Crippen LogP) is 3.66. The number of rotatable bonds is 2. The lowest BCUT2D eigenvalue weighted by Crippen LogP contribution is -2.14. The summed E-state index contributed by atoms with van der Waals surface area (Å²) in [4.78, 5) is 11.6. The zero-order valence-electron chi connectivity index (χ0n) is 11.3. The minimum atomic E-state index is -0.0124. The molecule has 0 spiro atoms. The van der Waals surface area contributed by atoms with Gasteiger partial charge >= 0.3 is 0 Å². The van der Waals surface area contributed by atoms with Gasteiger partial charge in [0.05, 0.1) is 10.8 Å². The Balaban J connectivity index is 1.90. The molecular formula is C16H15N3S. The van der Waals surface area contributed by atoms with E-state index in [4.69, 9.17) is 10.7 Å². The van der Waals surface area contributed by atoms with Gasteiger partial charge in [-0.1, -0.05) is 30.3 Å². The smallest absolute Gasteiger partial charge is 0.142 e. The normalized spacial score (nSPS) is 16.4. The quantitative estimate of drug-likeness (QED) is 0.780. The zero-order chi connectivity index (χ0) is 13.7. The fourth-order valence-electron chi connectivity index (χ4n) is 2.80. The number of nitrogen functional groups attached to an aromatic ring is 1. The first-order chi connectivity index (χ1) is 9.69. The fourth-order valence-corrected chi connectivity index (χ4v) is 3.69. The van der Waals surface area contributed by atoms with Crippen LogP contribution in [0.4, 0.5) is 5.82 Å². The molecule has 2 N–H and O–H groups in total. The number of hydrogen-bond acceptors (Lipinski definition) is 4. The van der Waals surface area contributed by atoms with E-state index in [0.29, 0.717) is 5.82 Å². The number of nitrogens with zero attached hydrogens (tertiary/aromatic N) is 2. The van der Waals surface area contributed by atoms with E-state index < -0.39 is 0 Å². The maximum Gasteiger partial charge on any atom is 0.142 e. The van der Waals surface area contributed by atoms with Crippen molar-refractivity contribution >= 4 is 27.4 Å². The molecule has 20 heavy (non-hydrogen) atoms. The topological polar surface area (TPSA) is 51.8 Å². The lowest BCUT2D eigenvalue weighted by molar-refractivity contribution is 0.766. The fraction of sp³-hybridized carbons (Fsp3) is 0.250. The summed E-state index contributed by atoms with van der Waals surface area (Å²) >= 11 is 1.69. The largest absolute Gasteiger partial charge is 0.383 e. The summed E-state index contributed by atoms with van der Waals surface area (Å²) in [6.07, 6.45) is 2.21. The van der Waals surface area contributed by atoms with Crippen molar-refractivity contribution in [3.63, 3.8) is 0 Å². The van der Waals surface area contributed by atoms with Crippen molar-refractivity contribution in [2.45, 2.75) is 25.2 Å². The van der Waals surface area contributed by atoms with Crippen LogP contribution in [0.5, 0.6) is 0 Å². The van der Waals surface area contributed by atoms with Crippen LogP contribution in [0.3, 0.4) is 0 Å². The highest BCUT2D eigenvalue weighted by Crippen LogP contribution is 2.52. The number of nitrogens with two attached hydrogens (primary N) is 1. The van der Waals surface area contributed by atoms with E-state index in [2.05, 4.69) is 42.2 Å². The number of anilines is 1. The molecule has 2 aromatic heterocycles. The maximum atomic E-state index is 6.13. The minimum absolute atomic E-state index is 0.0124. The standard InChI is InChI=1S/C16H15N3S/c1-10-9-12-13(17)18-15(19-14(12)20-10)16(7-8-16)11-5-3-2-4-6-11/h2-6,9H,7-8H2,1H3,(H2,17,18,19). The van der Waals surface area contributed by atoms with E-state index in [1.165, 1.54) is 10.4 Å². The molecule has 100 valence electrons. The minimum Gasteiger partial charge on any atom is -0.383 e. The van der Waals surface area contributed by atoms with E-state index in [9.17, 15) is 0 Å². The van der Waals surface area contributed by atoms with Crippen LogP contribution in [0.15, 0.2) is 36.4 Å². The lowest BCUT2D eigenvalue weighted by Gasteiger charge is -2.14. The van der Waals surface area contributed by atoms with Crippen LogP contribution in [-0.2, 0) is 5.41 Å². The Labute approximate surface area is 121 Å². The Morgan fingerprint density at radius 1 is 1.15 bits per heavy atom. The third-order valence-corrected chi connectivity index (χ3v) is 4.99. The van der Waals surface area contributed by atoms with Gasteiger partial charge in [0.15, 0.2) is 0 Å². The first kappa shape index (κ1) is 11.9. The average molecular weight is 281 g/mol. The molecule has 0 unspecified atom stereocenters. The van der Waals surface area contributed by atoms with Crippen LogP contribution in [0, 0.1) is 6.92 Å². The number of hydrogen-bond donors (Lipinski definition) is 1. The zero-order valence-corrected chi connectivity index (χ0v) is 12.1. The highest BCUT2D eigenvalue weighted by atomic mass is 32.1. The third kappa shape index (κ3) is 1.64. The second kappa shape index (κ2) is 4.03. The maximum absolute atomic E-state index is 6.13. The molecule has 3 aromatic rings. The number of fused-ring (bicyclic) bond motifs is 1. The van der Waals surface area contributed by atoms with Gasteiger partial charge in [0, 0.05) is 4.88 Å². The van der Waals surface area contributed by atoms with Gasteiger partial charge in [-0.05, 0) is 31.4 Å². The highest BCUT2D eigenvalue weighted by Gasteiger charge is 2.48. The van der Waals surface area contributed by atoms with E-state index in [-0.39, 0.29) is 5.41 Å². The first-order valence-corrected chi connectivity index (χ1v) is 7.60. The molecular weight excluding hydrogens is 266 g/mol. The summed E-state index contributed by atoms with van der Waals surface area (Å²) in [7, 11) is 0. The molecule has 1 aliphatic rings. The molecule has 0 bridgehead atoms. The van der Waals surface area contributed by atoms with Gasteiger partial charge in [0.25, 0.3) is 0 Å². The second-order valence-electron chi connectivity index (χ2n) is 5.46. The number of benzene rings is 1. The van der Waals surface area contributed by atoms with Gasteiger partial charge in [-0.25, -0.2) is 9.97 Å². The Hall–Kier alpha value is -1.94. The number of aromatic nitrogens is 2. The summed E-state index contributed by atoms with van der Waals surface area (Å²) in [6, 6.07) is 12.6. The first-order valence-electron chi connectivity index (χ1n) is 6.79. The molecule has 1 saturated carbocycles. The Kier molecular flexibility index (Phi) is 2.39. The summed E-state index contributed by atoms with van der Waals surface area (Å²) in [6.45, 7) is 2.08. The van der Waals surface area contributed by atoms with Gasteiger partial charge in [-0.15, -0.1) is 11.3 Å². The summed E-state index contributed by atoms with van der Waals surface area (Å²) < 4.78 is 0. The summed E-state index contributed by atoms with van der Waals surface area (Å²) in [5, 5.41) is 0.986. The molecule has 3 nitrogen and oxygen atoms in total. The summed E-state index contributed by atoms with van der Waals surface area (Å²) in [5.74, 6) is 1.49. The van der Waals surface area contributed by atoms with Crippen LogP contribution >= 0.6 is 11.3 Å². The van der Waals surface area contributed by atoms with Gasteiger partial charge < -0.3 is 5.73 Å². The number of aryl methyl sites for hydroxylation is 1. The SMILES string of the molecule is Cc1cc2c(N)nc(C3(c4ccccc4)CC3)nc2s1. The van der Waals surface area contributed by atoms with Crippen molar-refractivity contribution in [1.82, 2.24) is 9.97 Å². The molecule has 0 saturated heterocycles. The van der Waals surface area contributed by atoms with Crippen molar-refractivity contribution in [1.29, 1.82) is 0 Å². The molecule has 0 amide bonds. The van der Waals surface area contributed by atoms with E-state index in [1.54, 1.807) is 11.3 Å². The van der Waals surface area contributed by atoms with Crippen molar-refractivity contribution < 1.29 is 0 Å². The molecule has 0 aliphatic heterocycles. The van der Waals surface area contributed by atoms with Crippen LogP contribution in [0.1, 0.15) is 29.1 Å². The summed E-state index contributed by atoms with van der Waals surface area (Å²) in [5.41, 5.74) is 7.41. The van der Waals surface area contributed by atoms with E-state index in [0.717, 1.165) is 28.9 Å². The Morgan fingerprint density at radius 3 is 2.60 bits per heavy atom. The van der Waals surface area contributed by atoms with Crippen LogP contribution in [-0.4, -0.2) is 9.97 Å². The Bertz CT molecular complexity index is 788. The highest BCUT2D eigenvalue weighted by molar-refractivity contribution is 7.18. The van der Waals surface area contributed by atoms with Crippen LogP contribution in [0.2, 0.25) is 0 Å². The molecule has 1 fully saturated rings. The second-order valence-corrected chi connectivity index (χ2v) is 6.69. The molecule has 4 rings (SSSR count).